The lowest BCUT2D eigenvalue weighted by molar-refractivity contribution is 0.0945. The second-order valence-corrected chi connectivity index (χ2v) is 5.60. The summed E-state index contributed by atoms with van der Waals surface area (Å²) >= 11 is 0. The molecule has 2 aromatic rings. The minimum atomic E-state index is -0.277. The number of ether oxygens (including phenoxy) is 1. The molecule has 1 atom stereocenters. The van der Waals surface area contributed by atoms with Crippen LogP contribution in [0.3, 0.4) is 0 Å². The maximum atomic E-state index is 11.8. The molecular formula is C15H21N5O2. The lowest BCUT2D eigenvalue weighted by Gasteiger charge is -2.16. The molecule has 118 valence electrons. The van der Waals surface area contributed by atoms with Gasteiger partial charge in [0.1, 0.15) is 0 Å². The van der Waals surface area contributed by atoms with E-state index in [0.717, 1.165) is 12.0 Å². The molecule has 0 aliphatic heterocycles. The van der Waals surface area contributed by atoms with E-state index < -0.39 is 0 Å². The number of rotatable bonds is 7. The Morgan fingerprint density at radius 2 is 2.23 bits per heavy atom. The molecule has 0 bridgehead atoms. The lowest BCUT2D eigenvalue weighted by atomic mass is 10.1. The molecule has 0 aliphatic rings. The number of aromatic nitrogens is 4. The molecular weight excluding hydrogens is 282 g/mol. The minimum absolute atomic E-state index is 0.104. The van der Waals surface area contributed by atoms with Gasteiger partial charge < -0.3 is 10.1 Å². The first-order valence-corrected chi connectivity index (χ1v) is 7.30. The highest BCUT2D eigenvalue weighted by atomic mass is 16.5. The second kappa shape index (κ2) is 7.53. The fourth-order valence-electron chi connectivity index (χ4n) is 2.13. The van der Waals surface area contributed by atoms with Crippen molar-refractivity contribution < 1.29 is 9.53 Å². The van der Waals surface area contributed by atoms with E-state index in [0.29, 0.717) is 18.3 Å². The predicted octanol–water partition coefficient (Wildman–Crippen LogP) is 1.94. The van der Waals surface area contributed by atoms with E-state index in [1.54, 1.807) is 6.20 Å². The number of aromatic amines is 1. The highest BCUT2D eigenvalue weighted by Crippen LogP contribution is 2.14. The summed E-state index contributed by atoms with van der Waals surface area (Å²) in [4.78, 5) is 16.0. The topological polar surface area (TPSA) is 92.8 Å². The summed E-state index contributed by atoms with van der Waals surface area (Å²) in [6.45, 7) is 6.72. The van der Waals surface area contributed by atoms with E-state index in [4.69, 9.17) is 4.74 Å². The Hall–Kier alpha value is -2.44. The summed E-state index contributed by atoms with van der Waals surface area (Å²) in [7, 11) is 0. The van der Waals surface area contributed by atoms with Crippen LogP contribution in [0.15, 0.2) is 24.5 Å². The fraction of sp³-hybridized carbons (Fsp3) is 0.467. The van der Waals surface area contributed by atoms with E-state index in [1.807, 2.05) is 19.1 Å². The SMILES string of the molecule is CC(C)C[C@@H](C)Oc1cc(CNC(=O)c2cn[nH]n2)ccn1. The molecule has 2 heterocycles. The standard InChI is InChI=1S/C15H21N5O2/c1-10(2)6-11(3)22-14-7-12(4-5-16-14)8-17-15(21)13-9-18-20-19-13/h4-5,7,9-11H,6,8H2,1-3H3,(H,17,21)(H,18,19,20)/t11-/m1/s1. The first kappa shape index (κ1) is 15.9. The van der Waals surface area contributed by atoms with E-state index in [1.165, 1.54) is 6.20 Å². The van der Waals surface area contributed by atoms with Crippen molar-refractivity contribution in [1.82, 2.24) is 25.7 Å². The summed E-state index contributed by atoms with van der Waals surface area (Å²) in [6, 6.07) is 3.67. The Labute approximate surface area is 129 Å². The van der Waals surface area contributed by atoms with Gasteiger partial charge in [-0.1, -0.05) is 13.8 Å². The van der Waals surface area contributed by atoms with Crippen LogP contribution in [0.25, 0.3) is 0 Å². The van der Waals surface area contributed by atoms with Gasteiger partial charge in [-0.25, -0.2) is 4.98 Å². The average molecular weight is 303 g/mol. The smallest absolute Gasteiger partial charge is 0.273 e. The molecule has 0 fully saturated rings. The highest BCUT2D eigenvalue weighted by molar-refractivity contribution is 5.91. The van der Waals surface area contributed by atoms with Gasteiger partial charge in [0, 0.05) is 18.8 Å². The maximum Gasteiger partial charge on any atom is 0.273 e. The van der Waals surface area contributed by atoms with Gasteiger partial charge in [-0.2, -0.15) is 15.4 Å². The number of hydrogen-bond acceptors (Lipinski definition) is 5. The van der Waals surface area contributed by atoms with Crippen molar-refractivity contribution in [2.75, 3.05) is 0 Å². The number of carbonyl (C=O) groups excluding carboxylic acids is 1. The van der Waals surface area contributed by atoms with Crippen molar-refractivity contribution in [2.45, 2.75) is 39.8 Å². The molecule has 2 rings (SSSR count). The molecule has 0 aromatic carbocycles. The van der Waals surface area contributed by atoms with Crippen molar-refractivity contribution in [3.63, 3.8) is 0 Å². The lowest BCUT2D eigenvalue weighted by Crippen LogP contribution is -2.23. The monoisotopic (exact) mass is 303 g/mol. The third-order valence-electron chi connectivity index (χ3n) is 3.03. The van der Waals surface area contributed by atoms with Gasteiger partial charge in [0.15, 0.2) is 5.69 Å². The molecule has 2 aromatic heterocycles. The number of H-pyrrole nitrogens is 1. The fourth-order valence-corrected chi connectivity index (χ4v) is 2.13. The zero-order chi connectivity index (χ0) is 15.9. The Balaban J connectivity index is 1.89. The van der Waals surface area contributed by atoms with E-state index in [-0.39, 0.29) is 17.7 Å². The zero-order valence-corrected chi connectivity index (χ0v) is 13.0. The van der Waals surface area contributed by atoms with Gasteiger partial charge in [0.05, 0.1) is 12.3 Å². The molecule has 7 heteroatoms. The zero-order valence-electron chi connectivity index (χ0n) is 13.0. The third kappa shape index (κ3) is 4.83. The largest absolute Gasteiger partial charge is 0.475 e. The van der Waals surface area contributed by atoms with Crippen LogP contribution >= 0.6 is 0 Å². The number of pyridine rings is 1. The quantitative estimate of drug-likeness (QED) is 0.815. The van der Waals surface area contributed by atoms with E-state index in [9.17, 15) is 4.79 Å². The van der Waals surface area contributed by atoms with Crippen molar-refractivity contribution in [3.05, 3.63) is 35.8 Å². The molecule has 7 nitrogen and oxygen atoms in total. The Kier molecular flexibility index (Phi) is 5.46. The van der Waals surface area contributed by atoms with E-state index >= 15 is 0 Å². The predicted molar refractivity (Wildman–Crippen MR) is 81.3 cm³/mol. The third-order valence-corrected chi connectivity index (χ3v) is 3.03. The number of nitrogens with one attached hydrogen (secondary N) is 2. The first-order valence-electron chi connectivity index (χ1n) is 7.30. The van der Waals surface area contributed by atoms with Crippen LogP contribution in [-0.4, -0.2) is 32.4 Å². The van der Waals surface area contributed by atoms with Crippen molar-refractivity contribution >= 4 is 5.91 Å². The van der Waals surface area contributed by atoms with Gasteiger partial charge in [0.2, 0.25) is 5.88 Å². The van der Waals surface area contributed by atoms with Crippen LogP contribution in [0.2, 0.25) is 0 Å². The van der Waals surface area contributed by atoms with Gasteiger partial charge in [-0.05, 0) is 30.9 Å². The molecule has 0 spiro atoms. The van der Waals surface area contributed by atoms with Crippen LogP contribution in [-0.2, 0) is 6.54 Å². The highest BCUT2D eigenvalue weighted by Gasteiger charge is 2.10. The van der Waals surface area contributed by atoms with Gasteiger partial charge in [0.25, 0.3) is 5.91 Å². The number of amides is 1. The Bertz CT molecular complexity index is 598. The van der Waals surface area contributed by atoms with Crippen molar-refractivity contribution in [3.8, 4) is 5.88 Å². The summed E-state index contributed by atoms with van der Waals surface area (Å²) in [6.07, 6.45) is 4.13. The van der Waals surface area contributed by atoms with Gasteiger partial charge in [-0.3, -0.25) is 4.79 Å². The van der Waals surface area contributed by atoms with Crippen LogP contribution in [0.1, 0.15) is 43.2 Å². The van der Waals surface area contributed by atoms with Crippen molar-refractivity contribution in [1.29, 1.82) is 0 Å². The first-order chi connectivity index (χ1) is 10.5. The normalized spacial score (nSPS) is 12.2. The minimum Gasteiger partial charge on any atom is -0.475 e. The number of carbonyl (C=O) groups is 1. The summed E-state index contributed by atoms with van der Waals surface area (Å²) < 4.78 is 5.79. The Morgan fingerprint density at radius 1 is 1.41 bits per heavy atom. The second-order valence-electron chi connectivity index (χ2n) is 5.60. The van der Waals surface area contributed by atoms with Gasteiger partial charge >= 0.3 is 0 Å². The van der Waals surface area contributed by atoms with Crippen LogP contribution in [0, 0.1) is 5.92 Å². The molecule has 0 radical (unpaired) electrons. The number of nitrogens with zero attached hydrogens (tertiary/aromatic N) is 3. The van der Waals surface area contributed by atoms with Crippen LogP contribution in [0.4, 0.5) is 0 Å². The van der Waals surface area contributed by atoms with Crippen molar-refractivity contribution in [2.24, 2.45) is 5.92 Å². The molecule has 0 saturated carbocycles. The molecule has 1 amide bonds. The Morgan fingerprint density at radius 3 is 2.91 bits per heavy atom. The summed E-state index contributed by atoms with van der Waals surface area (Å²) in [5, 5.41) is 12.5. The molecule has 0 unspecified atom stereocenters. The summed E-state index contributed by atoms with van der Waals surface area (Å²) in [5.41, 5.74) is 1.18. The van der Waals surface area contributed by atoms with Crippen LogP contribution < -0.4 is 10.1 Å². The van der Waals surface area contributed by atoms with Crippen LogP contribution in [0.5, 0.6) is 5.88 Å². The number of hydrogen-bond donors (Lipinski definition) is 2. The summed E-state index contributed by atoms with van der Waals surface area (Å²) in [5.74, 6) is 0.863. The molecule has 22 heavy (non-hydrogen) atoms. The molecule has 0 aliphatic carbocycles. The average Bonchev–Trinajstić information content (AvgIpc) is 2.98. The van der Waals surface area contributed by atoms with Gasteiger partial charge in [-0.15, -0.1) is 0 Å². The maximum absolute atomic E-state index is 11.8. The van der Waals surface area contributed by atoms with E-state index in [2.05, 4.69) is 39.6 Å². The molecule has 0 saturated heterocycles. The molecule has 2 N–H and O–H groups in total.